The summed E-state index contributed by atoms with van der Waals surface area (Å²) in [5.74, 6) is 0.238. The molecule has 0 spiro atoms. The minimum absolute atomic E-state index is 0.295. The quantitative estimate of drug-likeness (QED) is 0.910. The van der Waals surface area contributed by atoms with Crippen molar-refractivity contribution < 1.29 is 19.0 Å². The molecule has 0 fully saturated rings. The number of rotatable bonds is 4. The SMILES string of the molecule is COc1cc(C(O)c2cc(F)ccc2OC)ncn1. The van der Waals surface area contributed by atoms with Crippen molar-refractivity contribution in [2.24, 2.45) is 0 Å². The molecule has 0 saturated carbocycles. The normalized spacial score (nSPS) is 12.0. The number of halogens is 1. The second kappa shape index (κ2) is 5.62. The second-order valence-corrected chi connectivity index (χ2v) is 3.77. The van der Waals surface area contributed by atoms with Crippen LogP contribution in [0.25, 0.3) is 0 Å². The van der Waals surface area contributed by atoms with Gasteiger partial charge in [0.15, 0.2) is 0 Å². The molecule has 1 heterocycles. The lowest BCUT2D eigenvalue weighted by molar-refractivity contribution is 0.208. The summed E-state index contributed by atoms with van der Waals surface area (Å²) in [4.78, 5) is 7.79. The van der Waals surface area contributed by atoms with Crippen LogP contribution in [0.4, 0.5) is 4.39 Å². The van der Waals surface area contributed by atoms with Crippen molar-refractivity contribution in [3.63, 3.8) is 0 Å². The van der Waals surface area contributed by atoms with Crippen LogP contribution in [0.15, 0.2) is 30.6 Å². The molecule has 0 aliphatic rings. The van der Waals surface area contributed by atoms with Gasteiger partial charge in [0.2, 0.25) is 5.88 Å². The number of aromatic nitrogens is 2. The van der Waals surface area contributed by atoms with Crippen molar-refractivity contribution in [1.29, 1.82) is 0 Å². The van der Waals surface area contributed by atoms with Crippen LogP contribution in [0.3, 0.4) is 0 Å². The molecule has 1 unspecified atom stereocenters. The lowest BCUT2D eigenvalue weighted by Gasteiger charge is -2.14. The summed E-state index contributed by atoms with van der Waals surface area (Å²) >= 11 is 0. The average molecular weight is 264 g/mol. The number of nitrogens with zero attached hydrogens (tertiary/aromatic N) is 2. The van der Waals surface area contributed by atoms with Crippen molar-refractivity contribution in [3.8, 4) is 11.6 Å². The molecule has 0 aliphatic heterocycles. The predicted octanol–water partition coefficient (Wildman–Crippen LogP) is 1.71. The molecule has 2 rings (SSSR count). The van der Waals surface area contributed by atoms with Gasteiger partial charge in [0.1, 0.15) is 24.0 Å². The van der Waals surface area contributed by atoms with Gasteiger partial charge in [-0.1, -0.05) is 0 Å². The Morgan fingerprint density at radius 3 is 2.63 bits per heavy atom. The highest BCUT2D eigenvalue weighted by Crippen LogP contribution is 2.30. The summed E-state index contributed by atoms with van der Waals surface area (Å²) < 4.78 is 23.3. The van der Waals surface area contributed by atoms with E-state index in [0.717, 1.165) is 0 Å². The van der Waals surface area contributed by atoms with Gasteiger partial charge in [-0.3, -0.25) is 0 Å². The highest BCUT2D eigenvalue weighted by atomic mass is 19.1. The molecule has 5 nitrogen and oxygen atoms in total. The summed E-state index contributed by atoms with van der Waals surface area (Å²) in [5, 5.41) is 10.3. The first-order chi connectivity index (χ1) is 9.15. The van der Waals surface area contributed by atoms with Crippen molar-refractivity contribution in [3.05, 3.63) is 47.7 Å². The third-order valence-electron chi connectivity index (χ3n) is 2.64. The minimum Gasteiger partial charge on any atom is -0.496 e. The summed E-state index contributed by atoms with van der Waals surface area (Å²) in [7, 11) is 2.91. The summed E-state index contributed by atoms with van der Waals surface area (Å²) in [6.07, 6.45) is 0.144. The van der Waals surface area contributed by atoms with Gasteiger partial charge >= 0.3 is 0 Å². The van der Waals surface area contributed by atoms with E-state index >= 15 is 0 Å². The van der Waals surface area contributed by atoms with Crippen LogP contribution in [-0.4, -0.2) is 29.3 Å². The topological polar surface area (TPSA) is 64.5 Å². The van der Waals surface area contributed by atoms with Crippen molar-refractivity contribution >= 4 is 0 Å². The van der Waals surface area contributed by atoms with E-state index in [1.165, 1.54) is 44.8 Å². The Kier molecular flexibility index (Phi) is 3.91. The largest absolute Gasteiger partial charge is 0.496 e. The Morgan fingerprint density at radius 2 is 1.95 bits per heavy atom. The van der Waals surface area contributed by atoms with Gasteiger partial charge in [-0.2, -0.15) is 0 Å². The van der Waals surface area contributed by atoms with E-state index in [9.17, 15) is 9.50 Å². The number of methoxy groups -OCH3 is 2. The highest BCUT2D eigenvalue weighted by Gasteiger charge is 2.18. The average Bonchev–Trinajstić information content (AvgIpc) is 2.46. The fourth-order valence-electron chi connectivity index (χ4n) is 1.69. The molecular weight excluding hydrogens is 251 g/mol. The summed E-state index contributed by atoms with van der Waals surface area (Å²) in [6.45, 7) is 0. The molecular formula is C13H13FN2O3. The molecule has 6 heteroatoms. The molecule has 0 saturated heterocycles. The molecule has 2 aromatic rings. The van der Waals surface area contributed by atoms with E-state index in [1.54, 1.807) is 0 Å². The van der Waals surface area contributed by atoms with Crippen LogP contribution in [-0.2, 0) is 0 Å². The summed E-state index contributed by atoms with van der Waals surface area (Å²) in [5.41, 5.74) is 0.596. The van der Waals surface area contributed by atoms with Crippen LogP contribution < -0.4 is 9.47 Å². The predicted molar refractivity (Wildman–Crippen MR) is 65.6 cm³/mol. The number of hydrogen-bond donors (Lipinski definition) is 1. The van der Waals surface area contributed by atoms with Crippen molar-refractivity contribution in [2.75, 3.05) is 14.2 Å². The molecule has 0 aliphatic carbocycles. The van der Waals surface area contributed by atoms with Crippen LogP contribution in [0.5, 0.6) is 11.6 Å². The molecule has 1 atom stereocenters. The van der Waals surface area contributed by atoms with Gasteiger partial charge < -0.3 is 14.6 Å². The van der Waals surface area contributed by atoms with E-state index < -0.39 is 11.9 Å². The molecule has 0 bridgehead atoms. The third-order valence-corrected chi connectivity index (χ3v) is 2.64. The third kappa shape index (κ3) is 2.79. The molecule has 1 aromatic carbocycles. The van der Waals surface area contributed by atoms with E-state index in [0.29, 0.717) is 22.9 Å². The maximum atomic E-state index is 13.3. The van der Waals surface area contributed by atoms with Gasteiger partial charge in [0, 0.05) is 11.6 Å². The fraction of sp³-hybridized carbons (Fsp3) is 0.231. The maximum absolute atomic E-state index is 13.3. The summed E-state index contributed by atoms with van der Waals surface area (Å²) in [6, 6.07) is 5.40. The van der Waals surface area contributed by atoms with Gasteiger partial charge in [0.05, 0.1) is 19.9 Å². The molecule has 1 N–H and O–H groups in total. The number of aliphatic hydroxyl groups is 1. The van der Waals surface area contributed by atoms with Crippen LogP contribution in [0, 0.1) is 5.82 Å². The van der Waals surface area contributed by atoms with Crippen LogP contribution in [0.2, 0.25) is 0 Å². The molecule has 100 valence electrons. The van der Waals surface area contributed by atoms with Crippen LogP contribution in [0.1, 0.15) is 17.4 Å². The zero-order chi connectivity index (χ0) is 13.8. The Balaban J connectivity index is 2.42. The number of benzene rings is 1. The smallest absolute Gasteiger partial charge is 0.216 e. The first-order valence-electron chi connectivity index (χ1n) is 5.53. The first-order valence-corrected chi connectivity index (χ1v) is 5.53. The number of aliphatic hydroxyl groups excluding tert-OH is 1. The van der Waals surface area contributed by atoms with E-state index in [4.69, 9.17) is 9.47 Å². The fourth-order valence-corrected chi connectivity index (χ4v) is 1.69. The lowest BCUT2D eigenvalue weighted by atomic mass is 10.0. The molecule has 0 radical (unpaired) electrons. The molecule has 1 aromatic heterocycles. The Labute approximate surface area is 109 Å². The first kappa shape index (κ1) is 13.2. The maximum Gasteiger partial charge on any atom is 0.216 e. The number of hydrogen-bond acceptors (Lipinski definition) is 5. The monoisotopic (exact) mass is 264 g/mol. The highest BCUT2D eigenvalue weighted by molar-refractivity contribution is 5.39. The Bertz CT molecular complexity index is 578. The standard InChI is InChI=1S/C13H13FN2O3/c1-18-11-4-3-8(14)5-9(11)13(17)10-6-12(19-2)16-7-15-10/h3-7,13,17H,1-2H3. The van der Waals surface area contributed by atoms with E-state index in [2.05, 4.69) is 9.97 Å². The number of ether oxygens (including phenoxy) is 2. The Hall–Kier alpha value is -2.21. The molecule has 0 amide bonds. The second-order valence-electron chi connectivity index (χ2n) is 3.77. The zero-order valence-corrected chi connectivity index (χ0v) is 10.5. The van der Waals surface area contributed by atoms with Gasteiger partial charge in [-0.05, 0) is 18.2 Å². The van der Waals surface area contributed by atoms with Crippen molar-refractivity contribution in [2.45, 2.75) is 6.10 Å². The zero-order valence-electron chi connectivity index (χ0n) is 10.5. The molecule has 19 heavy (non-hydrogen) atoms. The van der Waals surface area contributed by atoms with Crippen molar-refractivity contribution in [1.82, 2.24) is 9.97 Å². The minimum atomic E-state index is -1.12. The van der Waals surface area contributed by atoms with Crippen LogP contribution >= 0.6 is 0 Å². The van der Waals surface area contributed by atoms with Gasteiger partial charge in [-0.25, -0.2) is 14.4 Å². The van der Waals surface area contributed by atoms with E-state index in [-0.39, 0.29) is 0 Å². The van der Waals surface area contributed by atoms with E-state index in [1.807, 2.05) is 0 Å². The van der Waals surface area contributed by atoms with Gasteiger partial charge in [0.25, 0.3) is 0 Å². The van der Waals surface area contributed by atoms with Gasteiger partial charge in [-0.15, -0.1) is 0 Å². The Morgan fingerprint density at radius 1 is 1.16 bits per heavy atom. The lowest BCUT2D eigenvalue weighted by Crippen LogP contribution is -2.06.